The molecule has 4 heterocycles. The molecule has 8 nitrogen and oxygen atoms in total. The van der Waals surface area contributed by atoms with Gasteiger partial charge < -0.3 is 19.4 Å². The first-order valence-corrected chi connectivity index (χ1v) is 15.7. The number of hydrogen-bond donors (Lipinski definition) is 1. The van der Waals surface area contributed by atoms with Crippen LogP contribution in [0.4, 0.5) is 5.69 Å². The summed E-state index contributed by atoms with van der Waals surface area (Å²) in [5, 5.41) is 0.978. The van der Waals surface area contributed by atoms with E-state index in [9.17, 15) is 4.79 Å². The molecule has 4 aromatic rings. The van der Waals surface area contributed by atoms with Crippen LogP contribution in [0.3, 0.4) is 0 Å². The van der Waals surface area contributed by atoms with Gasteiger partial charge >= 0.3 is 0 Å². The number of carbonyl (C=O) groups is 1. The smallest absolute Gasteiger partial charge is 0.153 e. The Morgan fingerprint density at radius 2 is 1.84 bits per heavy atom. The van der Waals surface area contributed by atoms with E-state index in [0.29, 0.717) is 34.4 Å². The van der Waals surface area contributed by atoms with Crippen LogP contribution in [0, 0.1) is 5.41 Å². The molecule has 2 aliphatic carbocycles. The number of H-pyrrole nitrogens is 1. The Morgan fingerprint density at radius 1 is 1.00 bits per heavy atom. The fourth-order valence-corrected chi connectivity index (χ4v) is 7.54. The van der Waals surface area contributed by atoms with Gasteiger partial charge in [-0.3, -0.25) is 14.6 Å². The zero-order chi connectivity index (χ0) is 29.0. The molecular weight excluding hydrogens is 538 g/mol. The highest BCUT2D eigenvalue weighted by Gasteiger charge is 2.54. The Labute approximate surface area is 252 Å². The second-order valence-electron chi connectivity index (χ2n) is 13.1. The van der Waals surface area contributed by atoms with Crippen LogP contribution in [0.25, 0.3) is 11.0 Å². The summed E-state index contributed by atoms with van der Waals surface area (Å²) >= 11 is 0. The van der Waals surface area contributed by atoms with Gasteiger partial charge in [0, 0.05) is 80.6 Å². The monoisotopic (exact) mass is 577 g/mol. The van der Waals surface area contributed by atoms with E-state index in [0.717, 1.165) is 74.6 Å². The van der Waals surface area contributed by atoms with Gasteiger partial charge in [0.15, 0.2) is 6.29 Å². The predicted molar refractivity (Wildman–Crippen MR) is 167 cm³/mol. The zero-order valence-electron chi connectivity index (χ0n) is 24.8. The van der Waals surface area contributed by atoms with Crippen molar-refractivity contribution in [2.45, 2.75) is 44.2 Å². The van der Waals surface area contributed by atoms with Gasteiger partial charge in [-0.05, 0) is 73.1 Å². The Kier molecular flexibility index (Phi) is 6.64. The molecule has 2 saturated heterocycles. The van der Waals surface area contributed by atoms with Crippen LogP contribution in [-0.2, 0) is 6.54 Å². The molecule has 1 N–H and O–H groups in total. The summed E-state index contributed by atoms with van der Waals surface area (Å²) in [7, 11) is 1.80. The number of piperazine rings is 1. The molecule has 0 unspecified atom stereocenters. The number of benzene rings is 2. The average Bonchev–Trinajstić information content (AvgIpc) is 3.73. The molecular formula is C35H39N5O3. The number of rotatable bonds is 9. The van der Waals surface area contributed by atoms with Crippen LogP contribution in [-0.4, -0.2) is 78.5 Å². The van der Waals surface area contributed by atoms with Crippen LogP contribution in [0.15, 0.2) is 60.9 Å². The van der Waals surface area contributed by atoms with E-state index in [1.54, 1.807) is 13.3 Å². The van der Waals surface area contributed by atoms with E-state index in [1.165, 1.54) is 36.8 Å². The van der Waals surface area contributed by atoms with E-state index in [1.807, 2.05) is 36.5 Å². The van der Waals surface area contributed by atoms with Crippen molar-refractivity contribution in [1.82, 2.24) is 19.8 Å². The Balaban J connectivity index is 0.833. The maximum Gasteiger partial charge on any atom is 0.153 e. The third-order valence-electron chi connectivity index (χ3n) is 10.1. The summed E-state index contributed by atoms with van der Waals surface area (Å²) in [4.78, 5) is 27.0. The number of fused-ring (bicyclic) bond motifs is 1. The number of anilines is 1. The van der Waals surface area contributed by atoms with Gasteiger partial charge in [0.2, 0.25) is 0 Å². The van der Waals surface area contributed by atoms with E-state index >= 15 is 0 Å². The molecule has 222 valence electrons. The highest BCUT2D eigenvalue weighted by molar-refractivity contribution is 5.82. The molecule has 2 aromatic carbocycles. The van der Waals surface area contributed by atoms with E-state index in [-0.39, 0.29) is 0 Å². The number of aromatic amines is 1. The van der Waals surface area contributed by atoms with Crippen molar-refractivity contribution >= 4 is 23.0 Å². The number of ether oxygens (including phenoxy) is 2. The predicted octanol–water partition coefficient (Wildman–Crippen LogP) is 5.84. The minimum atomic E-state index is 0.426. The fraction of sp³-hybridized carbons (Fsp3) is 0.429. The van der Waals surface area contributed by atoms with Crippen molar-refractivity contribution in [1.29, 1.82) is 0 Å². The SMILES string of the molecule is COc1cc(CN2CCN(C3CC4(C3)CN(c3ccc(C=O)c(Oc5cnc6[nH]ccc6c5)c3)C4)CC2)ccc1C1CC1. The summed E-state index contributed by atoms with van der Waals surface area (Å²) < 4.78 is 11.9. The van der Waals surface area contributed by atoms with Crippen LogP contribution in [0.1, 0.15) is 53.1 Å². The molecule has 0 bridgehead atoms. The van der Waals surface area contributed by atoms with E-state index in [2.05, 4.69) is 42.9 Å². The first kappa shape index (κ1) is 26.7. The van der Waals surface area contributed by atoms with Gasteiger partial charge in [-0.1, -0.05) is 12.1 Å². The number of methoxy groups -OCH3 is 1. The highest BCUT2D eigenvalue weighted by atomic mass is 16.5. The summed E-state index contributed by atoms with van der Waals surface area (Å²) in [5.74, 6) is 2.99. The molecule has 8 rings (SSSR count). The second kappa shape index (κ2) is 10.7. The normalized spacial score (nSPS) is 20.6. The standard InChI is InChI=1S/C35H39N5O3/c1-42-33-14-24(2-7-31(33)25-3-4-25)20-38-10-12-39(13-11-38)29-17-35(18-29)22-40(23-35)28-6-5-27(21-41)32(16-28)43-30-15-26-8-9-36-34(26)37-19-30/h2,5-9,14-16,19,21,25,29H,3-4,10-13,17-18,20,22-23H2,1H3,(H,36,37). The van der Waals surface area contributed by atoms with Crippen molar-refractivity contribution in [2.75, 3.05) is 51.3 Å². The Morgan fingerprint density at radius 3 is 2.60 bits per heavy atom. The topological polar surface area (TPSA) is 73.9 Å². The number of aromatic nitrogens is 2. The van der Waals surface area contributed by atoms with Crippen molar-refractivity contribution in [3.8, 4) is 17.2 Å². The van der Waals surface area contributed by atoms with Crippen molar-refractivity contribution in [3.05, 3.63) is 77.6 Å². The van der Waals surface area contributed by atoms with Crippen LogP contribution in [0.5, 0.6) is 17.2 Å². The lowest BCUT2D eigenvalue weighted by atomic mass is 9.60. The van der Waals surface area contributed by atoms with Crippen molar-refractivity contribution < 1.29 is 14.3 Å². The molecule has 2 aliphatic heterocycles. The number of nitrogens with zero attached hydrogens (tertiary/aromatic N) is 4. The third-order valence-corrected chi connectivity index (χ3v) is 10.1. The molecule has 0 radical (unpaired) electrons. The van der Waals surface area contributed by atoms with Gasteiger partial charge in [-0.2, -0.15) is 0 Å². The number of hydrogen-bond acceptors (Lipinski definition) is 7. The lowest BCUT2D eigenvalue weighted by Crippen LogP contribution is -2.68. The quantitative estimate of drug-likeness (QED) is 0.251. The van der Waals surface area contributed by atoms with Crippen LogP contribution < -0.4 is 14.4 Å². The maximum atomic E-state index is 11.7. The van der Waals surface area contributed by atoms with Gasteiger partial charge in [0.1, 0.15) is 22.9 Å². The highest BCUT2D eigenvalue weighted by Crippen LogP contribution is 2.52. The summed E-state index contributed by atoms with van der Waals surface area (Å²) in [5.41, 5.74) is 5.65. The number of carbonyl (C=O) groups excluding carboxylic acids is 1. The van der Waals surface area contributed by atoms with Crippen LogP contribution in [0.2, 0.25) is 0 Å². The molecule has 0 atom stereocenters. The van der Waals surface area contributed by atoms with Gasteiger partial charge in [0.05, 0.1) is 18.9 Å². The number of aldehydes is 1. The van der Waals surface area contributed by atoms with Gasteiger partial charge in [-0.25, -0.2) is 4.98 Å². The Hall–Kier alpha value is -3.88. The largest absolute Gasteiger partial charge is 0.496 e. The maximum absolute atomic E-state index is 11.7. The summed E-state index contributed by atoms with van der Waals surface area (Å²) in [6.07, 6.45) is 9.56. The molecule has 4 fully saturated rings. The van der Waals surface area contributed by atoms with E-state index < -0.39 is 0 Å². The molecule has 8 heteroatoms. The van der Waals surface area contributed by atoms with Crippen molar-refractivity contribution in [2.24, 2.45) is 5.41 Å². The summed E-state index contributed by atoms with van der Waals surface area (Å²) in [6.45, 7) is 7.70. The number of pyridine rings is 1. The summed E-state index contributed by atoms with van der Waals surface area (Å²) in [6, 6.07) is 17.4. The zero-order valence-corrected chi connectivity index (χ0v) is 24.8. The fourth-order valence-electron chi connectivity index (χ4n) is 7.54. The first-order valence-electron chi connectivity index (χ1n) is 15.7. The second-order valence-corrected chi connectivity index (χ2v) is 13.1. The Bertz CT molecular complexity index is 1640. The van der Waals surface area contributed by atoms with Gasteiger partial charge in [0.25, 0.3) is 0 Å². The average molecular weight is 578 g/mol. The minimum absolute atomic E-state index is 0.426. The molecule has 4 aliphatic rings. The molecule has 43 heavy (non-hydrogen) atoms. The minimum Gasteiger partial charge on any atom is -0.496 e. The van der Waals surface area contributed by atoms with E-state index in [4.69, 9.17) is 9.47 Å². The number of nitrogens with one attached hydrogen (secondary N) is 1. The first-order chi connectivity index (χ1) is 21.1. The molecule has 2 saturated carbocycles. The molecule has 1 spiro atoms. The van der Waals surface area contributed by atoms with Crippen molar-refractivity contribution in [3.63, 3.8) is 0 Å². The van der Waals surface area contributed by atoms with Crippen LogP contribution >= 0.6 is 0 Å². The lowest BCUT2D eigenvalue weighted by molar-refractivity contribution is -0.0380. The third kappa shape index (κ3) is 5.17. The molecule has 0 amide bonds. The lowest BCUT2D eigenvalue weighted by Gasteiger charge is -2.62. The molecule has 2 aromatic heterocycles. The van der Waals surface area contributed by atoms with Gasteiger partial charge in [-0.15, -0.1) is 0 Å².